The molecule has 0 aliphatic rings. The fraction of sp³-hybridized carbons (Fsp3) is 0.238. The average Bonchev–Trinajstić information content (AvgIpc) is 2.72. The molecule has 3 rings (SSSR count). The number of hydrogen-bond acceptors (Lipinski definition) is 6. The molecular formula is C21H22IN3O3. The van der Waals surface area contributed by atoms with Gasteiger partial charge in [-0.3, -0.25) is 0 Å². The zero-order valence-electron chi connectivity index (χ0n) is 15.8. The number of aliphatic hydroxyl groups is 1. The number of halogens is 1. The van der Waals surface area contributed by atoms with Crippen molar-refractivity contribution in [3.63, 3.8) is 0 Å². The van der Waals surface area contributed by atoms with E-state index in [4.69, 9.17) is 14.6 Å². The number of hydrogen-bond donors (Lipinski definition) is 2. The summed E-state index contributed by atoms with van der Waals surface area (Å²) in [5.41, 5.74) is 1.79. The molecule has 3 aromatic rings. The van der Waals surface area contributed by atoms with Gasteiger partial charge in [0.2, 0.25) is 0 Å². The van der Waals surface area contributed by atoms with E-state index in [2.05, 4.69) is 43.9 Å². The summed E-state index contributed by atoms with van der Waals surface area (Å²) < 4.78 is 11.7. The van der Waals surface area contributed by atoms with Crippen molar-refractivity contribution in [1.82, 2.24) is 9.97 Å². The van der Waals surface area contributed by atoms with Crippen molar-refractivity contribution in [3.05, 3.63) is 51.4 Å². The molecule has 1 heterocycles. The van der Waals surface area contributed by atoms with Crippen LogP contribution in [-0.4, -0.2) is 42.4 Å². The molecule has 0 bridgehead atoms. The molecule has 0 radical (unpaired) electrons. The van der Waals surface area contributed by atoms with E-state index in [1.165, 1.54) is 0 Å². The fourth-order valence-corrected chi connectivity index (χ4v) is 3.20. The smallest absolute Gasteiger partial charge is 0.154 e. The van der Waals surface area contributed by atoms with E-state index in [0.29, 0.717) is 18.8 Å². The van der Waals surface area contributed by atoms with Crippen molar-refractivity contribution < 1.29 is 14.6 Å². The third-order valence-corrected chi connectivity index (χ3v) is 4.77. The van der Waals surface area contributed by atoms with Crippen LogP contribution >= 0.6 is 22.6 Å². The van der Waals surface area contributed by atoms with Crippen LogP contribution in [0.1, 0.15) is 17.8 Å². The van der Waals surface area contributed by atoms with Gasteiger partial charge in [-0.2, -0.15) is 0 Å². The molecule has 0 spiro atoms. The summed E-state index contributed by atoms with van der Waals surface area (Å²) in [5.74, 6) is 2.81. The summed E-state index contributed by atoms with van der Waals surface area (Å²) in [4.78, 5) is 9.31. The first kappa shape index (κ1) is 20.3. The number of nitrogens with one attached hydrogen (secondary N) is 1. The molecule has 6 nitrogen and oxygen atoms in total. The van der Waals surface area contributed by atoms with Gasteiger partial charge in [-0.25, -0.2) is 9.97 Å². The predicted octanol–water partition coefficient (Wildman–Crippen LogP) is 4.22. The minimum atomic E-state index is 0.137. The van der Waals surface area contributed by atoms with Crippen molar-refractivity contribution in [2.24, 2.45) is 0 Å². The standard InChI is InChI=1S/C21H22IN3O3/c1-27-16-10-14(11-17(13-16)28-2)4-7-20-24-19-6-5-15(22)12-18(19)21(25-20)23-8-3-9-26/h4-7,10-13,26H,3,8-9H2,1-2H3,(H,23,24,25)/b7-4+. The van der Waals surface area contributed by atoms with Crippen LogP contribution in [0, 0.1) is 3.57 Å². The molecule has 0 unspecified atom stereocenters. The lowest BCUT2D eigenvalue weighted by Gasteiger charge is -2.10. The highest BCUT2D eigenvalue weighted by Gasteiger charge is 2.07. The summed E-state index contributed by atoms with van der Waals surface area (Å²) in [5, 5.41) is 13.3. The van der Waals surface area contributed by atoms with Gasteiger partial charge in [-0.1, -0.05) is 6.08 Å². The van der Waals surface area contributed by atoms with Crippen LogP contribution < -0.4 is 14.8 Å². The number of fused-ring (bicyclic) bond motifs is 1. The SMILES string of the molecule is COc1cc(/C=C/c2nc(NCCCO)c3cc(I)ccc3n2)cc(OC)c1. The van der Waals surface area contributed by atoms with Gasteiger partial charge in [0, 0.05) is 28.2 Å². The summed E-state index contributed by atoms with van der Waals surface area (Å²) in [7, 11) is 3.25. The van der Waals surface area contributed by atoms with Gasteiger partial charge in [0.25, 0.3) is 0 Å². The maximum atomic E-state index is 9.05. The Morgan fingerprint density at radius 2 is 1.79 bits per heavy atom. The summed E-state index contributed by atoms with van der Waals surface area (Å²) in [6.45, 7) is 0.780. The fourth-order valence-electron chi connectivity index (χ4n) is 2.71. The molecule has 146 valence electrons. The molecule has 28 heavy (non-hydrogen) atoms. The largest absolute Gasteiger partial charge is 0.497 e. The second kappa shape index (κ2) is 9.70. The van der Waals surface area contributed by atoms with Crippen molar-refractivity contribution in [2.45, 2.75) is 6.42 Å². The molecule has 2 N–H and O–H groups in total. The van der Waals surface area contributed by atoms with Gasteiger partial charge in [0.05, 0.1) is 19.7 Å². The van der Waals surface area contributed by atoms with Crippen molar-refractivity contribution in [2.75, 3.05) is 32.7 Å². The van der Waals surface area contributed by atoms with Gasteiger partial charge in [-0.15, -0.1) is 0 Å². The Kier molecular flexibility index (Phi) is 7.05. The second-order valence-electron chi connectivity index (χ2n) is 6.08. The van der Waals surface area contributed by atoms with E-state index >= 15 is 0 Å². The van der Waals surface area contributed by atoms with Crippen molar-refractivity contribution in [3.8, 4) is 11.5 Å². The van der Waals surface area contributed by atoms with Crippen LogP contribution in [-0.2, 0) is 0 Å². The first-order chi connectivity index (χ1) is 13.6. The van der Waals surface area contributed by atoms with E-state index in [9.17, 15) is 0 Å². The molecule has 2 aromatic carbocycles. The molecule has 0 aliphatic heterocycles. The highest BCUT2D eigenvalue weighted by atomic mass is 127. The zero-order valence-corrected chi connectivity index (χ0v) is 17.9. The minimum absolute atomic E-state index is 0.137. The quantitative estimate of drug-likeness (QED) is 0.363. The van der Waals surface area contributed by atoms with Crippen LogP contribution in [0.15, 0.2) is 36.4 Å². The number of rotatable bonds is 8. The topological polar surface area (TPSA) is 76.5 Å². The first-order valence-corrected chi connectivity index (χ1v) is 9.94. The number of nitrogens with zero attached hydrogens (tertiary/aromatic N) is 2. The Morgan fingerprint density at radius 3 is 2.46 bits per heavy atom. The molecule has 0 aliphatic carbocycles. The van der Waals surface area contributed by atoms with E-state index in [1.54, 1.807) is 14.2 Å². The number of methoxy groups -OCH3 is 2. The molecule has 0 saturated heterocycles. The van der Waals surface area contributed by atoms with Gasteiger partial charge < -0.3 is 19.9 Å². The van der Waals surface area contributed by atoms with Crippen LogP contribution in [0.5, 0.6) is 11.5 Å². The molecular weight excluding hydrogens is 469 g/mol. The first-order valence-electron chi connectivity index (χ1n) is 8.86. The summed E-state index contributed by atoms with van der Waals surface area (Å²) in [6, 6.07) is 11.7. The van der Waals surface area contributed by atoms with Crippen LogP contribution in [0.4, 0.5) is 5.82 Å². The third kappa shape index (κ3) is 5.11. The second-order valence-corrected chi connectivity index (χ2v) is 7.32. The lowest BCUT2D eigenvalue weighted by molar-refractivity contribution is 0.292. The number of ether oxygens (including phenoxy) is 2. The van der Waals surface area contributed by atoms with E-state index in [1.807, 2.05) is 42.5 Å². The molecule has 0 atom stereocenters. The van der Waals surface area contributed by atoms with Gasteiger partial charge >= 0.3 is 0 Å². The van der Waals surface area contributed by atoms with Gasteiger partial charge in [-0.05, 0) is 71.0 Å². The van der Waals surface area contributed by atoms with E-state index < -0.39 is 0 Å². The monoisotopic (exact) mass is 491 g/mol. The zero-order chi connectivity index (χ0) is 19.9. The van der Waals surface area contributed by atoms with Crippen LogP contribution in [0.25, 0.3) is 23.1 Å². The Balaban J connectivity index is 1.96. The van der Waals surface area contributed by atoms with Gasteiger partial charge in [0.1, 0.15) is 17.3 Å². The number of anilines is 1. The Morgan fingerprint density at radius 1 is 1.04 bits per heavy atom. The Hall–Kier alpha value is -2.39. The predicted molar refractivity (Wildman–Crippen MR) is 121 cm³/mol. The maximum Gasteiger partial charge on any atom is 0.154 e. The average molecular weight is 491 g/mol. The van der Waals surface area contributed by atoms with Gasteiger partial charge in [0.15, 0.2) is 5.82 Å². The normalized spacial score (nSPS) is 11.1. The minimum Gasteiger partial charge on any atom is -0.497 e. The third-order valence-electron chi connectivity index (χ3n) is 4.10. The highest BCUT2D eigenvalue weighted by Crippen LogP contribution is 2.25. The lowest BCUT2D eigenvalue weighted by atomic mass is 10.2. The summed E-state index contributed by atoms with van der Waals surface area (Å²) in [6.07, 6.45) is 4.45. The van der Waals surface area contributed by atoms with Crippen LogP contribution in [0.3, 0.4) is 0 Å². The molecule has 7 heteroatoms. The maximum absolute atomic E-state index is 9.05. The summed E-state index contributed by atoms with van der Waals surface area (Å²) >= 11 is 2.27. The van der Waals surface area contributed by atoms with Crippen molar-refractivity contribution in [1.29, 1.82) is 0 Å². The Bertz CT molecular complexity index is 970. The van der Waals surface area contributed by atoms with Crippen molar-refractivity contribution >= 4 is 51.5 Å². The molecule has 0 saturated carbocycles. The van der Waals surface area contributed by atoms with E-state index in [0.717, 1.165) is 37.4 Å². The molecule has 1 aromatic heterocycles. The highest BCUT2D eigenvalue weighted by molar-refractivity contribution is 14.1. The number of aromatic nitrogens is 2. The molecule has 0 fully saturated rings. The lowest BCUT2D eigenvalue weighted by Crippen LogP contribution is -2.07. The number of benzene rings is 2. The van der Waals surface area contributed by atoms with Crippen LogP contribution in [0.2, 0.25) is 0 Å². The molecule has 0 amide bonds. The van der Waals surface area contributed by atoms with E-state index in [-0.39, 0.29) is 6.61 Å². The number of aliphatic hydroxyl groups excluding tert-OH is 1. The Labute approximate surface area is 177 Å².